The molecule has 0 aliphatic carbocycles. The molecule has 0 amide bonds. The molecule has 0 aliphatic rings. The number of hydrogen-bond acceptors (Lipinski definition) is 3. The van der Waals surface area contributed by atoms with Crippen LogP contribution < -0.4 is 0 Å². The molecule has 1 unspecified atom stereocenters. The molecule has 0 radical (unpaired) electrons. The van der Waals surface area contributed by atoms with Crippen LogP contribution in [0.25, 0.3) is 0 Å². The maximum absolute atomic E-state index is 10.4. The SMILES string of the molecule is CC(C(=N)c1cccc(Cl)c1)[N+](=O)[O-]. The van der Waals surface area contributed by atoms with E-state index in [-0.39, 0.29) is 5.71 Å². The quantitative estimate of drug-likeness (QED) is 0.475. The maximum Gasteiger partial charge on any atom is 0.251 e. The van der Waals surface area contributed by atoms with Crippen molar-refractivity contribution in [3.63, 3.8) is 0 Å². The van der Waals surface area contributed by atoms with Crippen LogP contribution in [0.5, 0.6) is 0 Å². The molecule has 4 nitrogen and oxygen atoms in total. The number of nitrogens with zero attached hydrogens (tertiary/aromatic N) is 1. The number of nitrogens with one attached hydrogen (secondary N) is 1. The van der Waals surface area contributed by atoms with Gasteiger partial charge in [-0.15, -0.1) is 0 Å². The van der Waals surface area contributed by atoms with Gasteiger partial charge in [0.15, 0.2) is 0 Å². The Balaban J connectivity index is 2.95. The molecule has 1 rings (SSSR count). The third kappa shape index (κ3) is 2.29. The van der Waals surface area contributed by atoms with Gasteiger partial charge in [-0.2, -0.15) is 0 Å². The van der Waals surface area contributed by atoms with E-state index in [9.17, 15) is 10.1 Å². The van der Waals surface area contributed by atoms with E-state index in [1.165, 1.54) is 6.92 Å². The molecule has 1 aromatic carbocycles. The van der Waals surface area contributed by atoms with Crippen LogP contribution in [0.4, 0.5) is 0 Å². The average molecular weight is 213 g/mol. The van der Waals surface area contributed by atoms with Crippen molar-refractivity contribution in [3.8, 4) is 0 Å². The van der Waals surface area contributed by atoms with Gasteiger partial charge in [0.05, 0.1) is 0 Å². The van der Waals surface area contributed by atoms with Crippen LogP contribution in [0.2, 0.25) is 5.02 Å². The van der Waals surface area contributed by atoms with E-state index >= 15 is 0 Å². The Morgan fingerprint density at radius 2 is 2.29 bits per heavy atom. The third-order valence-corrected chi connectivity index (χ3v) is 2.10. The van der Waals surface area contributed by atoms with Crippen molar-refractivity contribution in [2.45, 2.75) is 13.0 Å². The molecule has 0 fully saturated rings. The zero-order valence-electron chi connectivity index (χ0n) is 7.53. The minimum atomic E-state index is -1.01. The Morgan fingerprint density at radius 1 is 1.64 bits per heavy atom. The lowest BCUT2D eigenvalue weighted by Crippen LogP contribution is -2.26. The fourth-order valence-electron chi connectivity index (χ4n) is 1.00. The van der Waals surface area contributed by atoms with Gasteiger partial charge in [0.2, 0.25) is 0 Å². The summed E-state index contributed by atoms with van der Waals surface area (Å²) in [4.78, 5) is 9.93. The zero-order valence-corrected chi connectivity index (χ0v) is 8.28. The normalized spacial score (nSPS) is 12.1. The molecule has 1 aromatic rings. The highest BCUT2D eigenvalue weighted by Gasteiger charge is 2.20. The summed E-state index contributed by atoms with van der Waals surface area (Å²) in [6.07, 6.45) is 0. The lowest BCUT2D eigenvalue weighted by molar-refractivity contribution is -0.498. The average Bonchev–Trinajstić information content (AvgIpc) is 2.15. The molecule has 0 heterocycles. The van der Waals surface area contributed by atoms with Crippen LogP contribution in [-0.4, -0.2) is 16.7 Å². The number of hydrogen-bond donors (Lipinski definition) is 1. The zero-order chi connectivity index (χ0) is 10.7. The maximum atomic E-state index is 10.4. The second-order valence-electron chi connectivity index (χ2n) is 2.89. The Labute approximate surface area is 86.2 Å². The summed E-state index contributed by atoms with van der Waals surface area (Å²) in [5.74, 6) is 0. The summed E-state index contributed by atoms with van der Waals surface area (Å²) in [6.45, 7) is 1.38. The molecule has 0 saturated heterocycles. The summed E-state index contributed by atoms with van der Waals surface area (Å²) < 4.78 is 0. The Morgan fingerprint density at radius 3 is 2.79 bits per heavy atom. The third-order valence-electron chi connectivity index (χ3n) is 1.87. The van der Waals surface area contributed by atoms with E-state index in [0.29, 0.717) is 10.6 Å². The van der Waals surface area contributed by atoms with Gasteiger partial charge in [-0.1, -0.05) is 23.7 Å². The first-order chi connectivity index (χ1) is 6.52. The molecule has 0 spiro atoms. The second kappa shape index (κ2) is 4.19. The van der Waals surface area contributed by atoms with Gasteiger partial charge in [0, 0.05) is 22.4 Å². The monoisotopic (exact) mass is 212 g/mol. The first-order valence-electron chi connectivity index (χ1n) is 4.00. The van der Waals surface area contributed by atoms with Gasteiger partial charge in [0.1, 0.15) is 5.71 Å². The topological polar surface area (TPSA) is 67.0 Å². The molecule has 0 aromatic heterocycles. The molecule has 0 aliphatic heterocycles. The van der Waals surface area contributed by atoms with Crippen molar-refractivity contribution in [1.29, 1.82) is 5.41 Å². The smallest absolute Gasteiger partial charge is 0.251 e. The minimum Gasteiger partial charge on any atom is -0.298 e. The Kier molecular flexibility index (Phi) is 3.19. The fourth-order valence-corrected chi connectivity index (χ4v) is 1.19. The van der Waals surface area contributed by atoms with Gasteiger partial charge in [-0.05, 0) is 12.1 Å². The lowest BCUT2D eigenvalue weighted by atomic mass is 10.1. The van der Waals surface area contributed by atoms with Crippen molar-refractivity contribution in [2.75, 3.05) is 0 Å². The number of halogens is 1. The van der Waals surface area contributed by atoms with Crippen molar-refractivity contribution in [2.24, 2.45) is 0 Å². The molecule has 14 heavy (non-hydrogen) atoms. The van der Waals surface area contributed by atoms with Gasteiger partial charge >= 0.3 is 0 Å². The highest BCUT2D eigenvalue weighted by molar-refractivity contribution is 6.31. The predicted molar refractivity (Wildman–Crippen MR) is 54.7 cm³/mol. The van der Waals surface area contributed by atoms with E-state index in [2.05, 4.69) is 0 Å². The fraction of sp³-hybridized carbons (Fsp3) is 0.222. The Hall–Kier alpha value is -1.42. The molecule has 1 atom stereocenters. The highest BCUT2D eigenvalue weighted by atomic mass is 35.5. The minimum absolute atomic E-state index is 0.0301. The van der Waals surface area contributed by atoms with Crippen molar-refractivity contribution < 1.29 is 4.92 Å². The van der Waals surface area contributed by atoms with Crippen molar-refractivity contribution in [1.82, 2.24) is 0 Å². The lowest BCUT2D eigenvalue weighted by Gasteiger charge is -2.05. The van der Waals surface area contributed by atoms with Gasteiger partial charge < -0.3 is 0 Å². The number of benzene rings is 1. The van der Waals surface area contributed by atoms with Gasteiger partial charge in [-0.25, -0.2) is 0 Å². The standard InChI is InChI=1S/C9H9ClN2O2/c1-6(12(13)14)9(11)7-3-2-4-8(10)5-7/h2-6,11H,1H3. The summed E-state index contributed by atoms with van der Waals surface area (Å²) in [5.41, 5.74) is 0.458. The van der Waals surface area contributed by atoms with E-state index in [4.69, 9.17) is 17.0 Å². The van der Waals surface area contributed by atoms with Gasteiger partial charge in [-0.3, -0.25) is 15.5 Å². The molecule has 1 N–H and O–H groups in total. The largest absolute Gasteiger partial charge is 0.298 e. The molecule has 5 heteroatoms. The summed E-state index contributed by atoms with van der Waals surface area (Å²) in [6, 6.07) is 5.50. The number of rotatable bonds is 3. The highest BCUT2D eigenvalue weighted by Crippen LogP contribution is 2.12. The first kappa shape index (κ1) is 10.7. The van der Waals surface area contributed by atoms with E-state index in [1.807, 2.05) is 0 Å². The van der Waals surface area contributed by atoms with Crippen LogP contribution in [-0.2, 0) is 0 Å². The summed E-state index contributed by atoms with van der Waals surface area (Å²) in [7, 11) is 0. The van der Waals surface area contributed by atoms with E-state index < -0.39 is 11.0 Å². The molecule has 74 valence electrons. The van der Waals surface area contributed by atoms with Crippen LogP contribution in [0.1, 0.15) is 12.5 Å². The van der Waals surface area contributed by atoms with Crippen LogP contribution in [0.15, 0.2) is 24.3 Å². The van der Waals surface area contributed by atoms with Crippen LogP contribution in [0.3, 0.4) is 0 Å². The van der Waals surface area contributed by atoms with Crippen LogP contribution in [0, 0.1) is 15.5 Å². The molecular formula is C9H9ClN2O2. The molecule has 0 bridgehead atoms. The summed E-state index contributed by atoms with van der Waals surface area (Å²) in [5, 5.41) is 18.5. The van der Waals surface area contributed by atoms with E-state index in [1.54, 1.807) is 24.3 Å². The van der Waals surface area contributed by atoms with Crippen molar-refractivity contribution in [3.05, 3.63) is 45.0 Å². The molecular weight excluding hydrogens is 204 g/mol. The second-order valence-corrected chi connectivity index (χ2v) is 3.32. The summed E-state index contributed by atoms with van der Waals surface area (Å²) >= 11 is 5.71. The van der Waals surface area contributed by atoms with E-state index in [0.717, 1.165) is 0 Å². The first-order valence-corrected chi connectivity index (χ1v) is 4.38. The predicted octanol–water partition coefficient (Wildman–Crippen LogP) is 2.37. The van der Waals surface area contributed by atoms with Crippen LogP contribution >= 0.6 is 11.6 Å². The Bertz CT molecular complexity index is 379. The number of nitro groups is 1. The van der Waals surface area contributed by atoms with Gasteiger partial charge in [0.25, 0.3) is 6.04 Å². The molecule has 0 saturated carbocycles. The van der Waals surface area contributed by atoms with Crippen molar-refractivity contribution >= 4 is 17.3 Å².